The number of phenols is 1. The van der Waals surface area contributed by atoms with Crippen molar-refractivity contribution < 1.29 is 14.3 Å². The van der Waals surface area contributed by atoms with Crippen LogP contribution < -0.4 is 11.5 Å². The summed E-state index contributed by atoms with van der Waals surface area (Å²) in [6.07, 6.45) is 1.65. The van der Waals surface area contributed by atoms with E-state index in [1.165, 1.54) is 12.1 Å². The van der Waals surface area contributed by atoms with Gasteiger partial charge in [0.25, 0.3) is 5.91 Å². The zero-order chi connectivity index (χ0) is 17.0. The molecule has 118 valence electrons. The minimum Gasteiger partial charge on any atom is -0.505 e. The molecule has 2 rings (SSSR count). The number of guanidine groups is 1. The first-order valence-electron chi connectivity index (χ1n) is 6.78. The molecular weight excluding hydrogens is 297 g/mol. The Bertz CT molecular complexity index is 792. The lowest BCUT2D eigenvalue weighted by atomic mass is 10.0. The Morgan fingerprint density at radius 2 is 1.74 bits per heavy atom. The van der Waals surface area contributed by atoms with E-state index in [2.05, 4.69) is 4.99 Å². The summed E-state index contributed by atoms with van der Waals surface area (Å²) in [7, 11) is 0. The molecule has 0 aromatic heterocycles. The molecule has 0 radical (unpaired) electrons. The molecule has 0 atom stereocenters. The van der Waals surface area contributed by atoms with E-state index < -0.39 is 17.5 Å². The van der Waals surface area contributed by atoms with Crippen LogP contribution in [0.25, 0.3) is 17.2 Å². The molecule has 6 heteroatoms. The van der Waals surface area contributed by atoms with Crippen LogP contribution >= 0.6 is 0 Å². The van der Waals surface area contributed by atoms with Crippen molar-refractivity contribution in [2.24, 2.45) is 16.5 Å². The Morgan fingerprint density at radius 1 is 1.13 bits per heavy atom. The predicted molar refractivity (Wildman–Crippen MR) is 88.0 cm³/mol. The summed E-state index contributed by atoms with van der Waals surface area (Å²) in [6.45, 7) is 1.61. The molecular formula is C17H16FN3O2. The molecule has 2 aromatic rings. The lowest BCUT2D eigenvalue weighted by Crippen LogP contribution is -2.24. The standard InChI is InChI=1S/C17H16FN3O2/c1-10(16(23)21-17(19)20)8-11-2-4-12(5-3-11)13-6-7-14(18)15(22)9-13/h2-9,22H,1H3,(H4,19,20,21,23). The first-order chi connectivity index (χ1) is 10.9. The van der Waals surface area contributed by atoms with Crippen molar-refractivity contribution >= 4 is 17.9 Å². The van der Waals surface area contributed by atoms with Crippen molar-refractivity contribution in [3.05, 3.63) is 59.4 Å². The zero-order valence-corrected chi connectivity index (χ0v) is 12.5. The number of aliphatic imine (C=N–C) groups is 1. The average Bonchev–Trinajstić information content (AvgIpc) is 2.50. The molecule has 5 N–H and O–H groups in total. The normalized spacial score (nSPS) is 11.1. The van der Waals surface area contributed by atoms with Crippen LogP contribution in [-0.4, -0.2) is 17.0 Å². The van der Waals surface area contributed by atoms with Gasteiger partial charge in [0.2, 0.25) is 0 Å². The van der Waals surface area contributed by atoms with Gasteiger partial charge in [0.1, 0.15) is 0 Å². The van der Waals surface area contributed by atoms with Crippen LogP contribution in [0.3, 0.4) is 0 Å². The maximum absolute atomic E-state index is 13.1. The Kier molecular flexibility index (Phi) is 4.75. The molecule has 0 unspecified atom stereocenters. The molecule has 0 bridgehead atoms. The second-order valence-corrected chi connectivity index (χ2v) is 4.96. The van der Waals surface area contributed by atoms with E-state index >= 15 is 0 Å². The Hall–Kier alpha value is -3.15. The second-order valence-electron chi connectivity index (χ2n) is 4.96. The van der Waals surface area contributed by atoms with E-state index in [9.17, 15) is 14.3 Å². The van der Waals surface area contributed by atoms with Gasteiger partial charge in [-0.2, -0.15) is 4.99 Å². The molecule has 1 amide bonds. The van der Waals surface area contributed by atoms with Gasteiger partial charge in [-0.15, -0.1) is 0 Å². The monoisotopic (exact) mass is 313 g/mol. The van der Waals surface area contributed by atoms with Crippen molar-refractivity contribution in [2.45, 2.75) is 6.92 Å². The quantitative estimate of drug-likeness (QED) is 0.460. The number of aromatic hydroxyl groups is 1. The van der Waals surface area contributed by atoms with Crippen LogP contribution in [0.1, 0.15) is 12.5 Å². The van der Waals surface area contributed by atoms with Crippen molar-refractivity contribution in [1.29, 1.82) is 0 Å². The molecule has 0 aliphatic rings. The van der Waals surface area contributed by atoms with E-state index in [0.717, 1.165) is 11.1 Å². The minimum atomic E-state index is -0.665. The maximum atomic E-state index is 13.1. The van der Waals surface area contributed by atoms with Crippen LogP contribution in [0.5, 0.6) is 5.75 Å². The van der Waals surface area contributed by atoms with E-state index in [1.54, 1.807) is 43.3 Å². The molecule has 5 nitrogen and oxygen atoms in total. The summed E-state index contributed by atoms with van der Waals surface area (Å²) in [5, 5.41) is 9.41. The molecule has 0 heterocycles. The minimum absolute atomic E-state index is 0.283. The van der Waals surface area contributed by atoms with E-state index in [-0.39, 0.29) is 5.96 Å². The van der Waals surface area contributed by atoms with Crippen LogP contribution in [0.15, 0.2) is 53.0 Å². The van der Waals surface area contributed by atoms with Crippen molar-refractivity contribution in [3.63, 3.8) is 0 Å². The number of nitrogens with zero attached hydrogens (tertiary/aromatic N) is 1. The third-order valence-corrected chi connectivity index (χ3v) is 3.14. The van der Waals surface area contributed by atoms with Gasteiger partial charge in [-0.1, -0.05) is 30.3 Å². The topological polar surface area (TPSA) is 102 Å². The Balaban J connectivity index is 2.24. The second kappa shape index (κ2) is 6.74. The summed E-state index contributed by atoms with van der Waals surface area (Å²) in [5.41, 5.74) is 13.0. The van der Waals surface area contributed by atoms with Gasteiger partial charge in [-0.25, -0.2) is 4.39 Å². The SMILES string of the molecule is CC(=Cc1ccc(-c2ccc(F)c(O)c2)cc1)C(=O)N=C(N)N. The van der Waals surface area contributed by atoms with Crippen LogP contribution in [0, 0.1) is 5.82 Å². The third kappa shape index (κ3) is 4.16. The molecule has 0 saturated heterocycles. The first kappa shape index (κ1) is 16.2. The molecule has 0 aliphatic carbocycles. The zero-order valence-electron chi connectivity index (χ0n) is 12.5. The van der Waals surface area contributed by atoms with Crippen molar-refractivity contribution in [2.75, 3.05) is 0 Å². The predicted octanol–water partition coefficient (Wildman–Crippen LogP) is 2.40. The number of amides is 1. The largest absolute Gasteiger partial charge is 0.505 e. The Labute approximate surface area is 132 Å². The Morgan fingerprint density at radius 3 is 2.30 bits per heavy atom. The molecule has 0 saturated carbocycles. The lowest BCUT2D eigenvalue weighted by Gasteiger charge is -2.04. The molecule has 0 aliphatic heterocycles. The number of rotatable bonds is 3. The molecule has 23 heavy (non-hydrogen) atoms. The van der Waals surface area contributed by atoms with E-state index in [4.69, 9.17) is 11.5 Å². The fourth-order valence-corrected chi connectivity index (χ4v) is 1.98. The highest BCUT2D eigenvalue weighted by Gasteiger charge is 2.05. The van der Waals surface area contributed by atoms with Crippen LogP contribution in [0.2, 0.25) is 0 Å². The smallest absolute Gasteiger partial charge is 0.275 e. The number of benzene rings is 2. The number of nitrogens with two attached hydrogens (primary N) is 2. The lowest BCUT2D eigenvalue weighted by molar-refractivity contribution is -0.114. The fraction of sp³-hybridized carbons (Fsp3) is 0.0588. The maximum Gasteiger partial charge on any atom is 0.275 e. The van der Waals surface area contributed by atoms with Gasteiger partial charge >= 0.3 is 0 Å². The van der Waals surface area contributed by atoms with Crippen LogP contribution in [0.4, 0.5) is 4.39 Å². The number of carbonyl (C=O) groups is 1. The van der Waals surface area contributed by atoms with Gasteiger partial charge in [0.15, 0.2) is 17.5 Å². The summed E-state index contributed by atoms with van der Waals surface area (Å²) in [4.78, 5) is 15.1. The van der Waals surface area contributed by atoms with Gasteiger partial charge in [-0.3, -0.25) is 4.79 Å². The highest BCUT2D eigenvalue weighted by atomic mass is 19.1. The summed E-state index contributed by atoms with van der Waals surface area (Å²) in [6, 6.07) is 11.3. The van der Waals surface area contributed by atoms with E-state index in [1.807, 2.05) is 0 Å². The summed E-state index contributed by atoms with van der Waals surface area (Å²) < 4.78 is 13.1. The number of hydrogen-bond acceptors (Lipinski definition) is 2. The first-order valence-corrected chi connectivity index (χ1v) is 6.78. The number of carbonyl (C=O) groups excluding carboxylic acids is 1. The van der Waals surface area contributed by atoms with Crippen LogP contribution in [-0.2, 0) is 4.79 Å². The van der Waals surface area contributed by atoms with E-state index in [0.29, 0.717) is 11.1 Å². The summed E-state index contributed by atoms with van der Waals surface area (Å²) >= 11 is 0. The van der Waals surface area contributed by atoms with Crippen molar-refractivity contribution in [1.82, 2.24) is 0 Å². The highest BCUT2D eigenvalue weighted by molar-refractivity contribution is 6.03. The summed E-state index contributed by atoms with van der Waals surface area (Å²) in [5.74, 6) is -1.85. The number of halogens is 1. The van der Waals surface area contributed by atoms with Gasteiger partial charge in [0.05, 0.1) is 0 Å². The fourth-order valence-electron chi connectivity index (χ4n) is 1.98. The van der Waals surface area contributed by atoms with Crippen molar-refractivity contribution in [3.8, 4) is 16.9 Å². The van der Waals surface area contributed by atoms with Gasteiger partial charge in [0, 0.05) is 5.57 Å². The molecule has 0 spiro atoms. The number of hydrogen-bond donors (Lipinski definition) is 3. The number of phenolic OH excluding ortho intramolecular Hbond substituents is 1. The van der Waals surface area contributed by atoms with Gasteiger partial charge in [-0.05, 0) is 41.8 Å². The third-order valence-electron chi connectivity index (χ3n) is 3.14. The van der Waals surface area contributed by atoms with Gasteiger partial charge < -0.3 is 16.6 Å². The molecule has 2 aromatic carbocycles. The highest BCUT2D eigenvalue weighted by Crippen LogP contribution is 2.26. The average molecular weight is 313 g/mol. The molecule has 0 fully saturated rings.